The highest BCUT2D eigenvalue weighted by Crippen LogP contribution is 2.40. The fraction of sp³-hybridized carbons (Fsp3) is 0.556. The van der Waals surface area contributed by atoms with Crippen LogP contribution in [0.15, 0.2) is 23.1 Å². The van der Waals surface area contributed by atoms with Crippen molar-refractivity contribution in [3.8, 4) is 0 Å². The third-order valence-corrected chi connectivity index (χ3v) is 5.75. The van der Waals surface area contributed by atoms with E-state index in [0.717, 1.165) is 32.0 Å². The monoisotopic (exact) mass is 339 g/mol. The molecule has 2 aliphatic heterocycles. The lowest BCUT2D eigenvalue weighted by Gasteiger charge is -2.22. The van der Waals surface area contributed by atoms with Gasteiger partial charge in [0.2, 0.25) is 0 Å². The van der Waals surface area contributed by atoms with E-state index >= 15 is 0 Å². The van der Waals surface area contributed by atoms with Crippen LogP contribution in [-0.2, 0) is 0 Å². The highest BCUT2D eigenvalue weighted by molar-refractivity contribution is 5.95. The van der Waals surface area contributed by atoms with Gasteiger partial charge in [0.05, 0.1) is 6.20 Å². The fourth-order valence-electron chi connectivity index (χ4n) is 4.16. The predicted octanol–water partition coefficient (Wildman–Crippen LogP) is 1.86. The van der Waals surface area contributed by atoms with E-state index in [-0.39, 0.29) is 5.91 Å². The maximum absolute atomic E-state index is 12.6. The summed E-state index contributed by atoms with van der Waals surface area (Å²) >= 11 is 0. The number of likely N-dealkylation sites (tertiary alicyclic amines) is 1. The summed E-state index contributed by atoms with van der Waals surface area (Å²) in [6, 6.07) is 2.15. The van der Waals surface area contributed by atoms with E-state index in [1.165, 1.54) is 24.7 Å². The molecule has 7 nitrogen and oxygen atoms in total. The number of carbonyl (C=O) groups excluding carboxylic acids is 1. The maximum Gasteiger partial charge on any atom is 0.259 e. The van der Waals surface area contributed by atoms with Gasteiger partial charge in [0.25, 0.3) is 5.91 Å². The molecule has 2 aromatic heterocycles. The van der Waals surface area contributed by atoms with Crippen molar-refractivity contribution in [1.29, 1.82) is 0 Å². The van der Waals surface area contributed by atoms with Gasteiger partial charge in [-0.15, -0.1) is 0 Å². The molecular formula is C18H21N5O2. The lowest BCUT2D eigenvalue weighted by atomic mass is 10.0. The molecular weight excluding hydrogens is 318 g/mol. The Balaban J connectivity index is 1.27. The van der Waals surface area contributed by atoms with E-state index in [0.29, 0.717) is 29.1 Å². The molecule has 4 heterocycles. The first-order valence-electron chi connectivity index (χ1n) is 8.96. The van der Waals surface area contributed by atoms with Gasteiger partial charge in [-0.05, 0) is 19.8 Å². The molecule has 2 atom stereocenters. The van der Waals surface area contributed by atoms with Crippen LogP contribution in [0, 0.1) is 18.8 Å². The Hall–Kier alpha value is -2.44. The Kier molecular flexibility index (Phi) is 3.29. The van der Waals surface area contributed by atoms with Gasteiger partial charge in [-0.2, -0.15) is 0 Å². The molecule has 1 amide bonds. The van der Waals surface area contributed by atoms with Crippen LogP contribution >= 0.6 is 0 Å². The second-order valence-corrected chi connectivity index (χ2v) is 7.51. The number of carbonyl (C=O) groups is 1. The molecule has 0 bridgehead atoms. The second-order valence-electron chi connectivity index (χ2n) is 7.51. The average Bonchev–Trinajstić information content (AvgIpc) is 3.07. The summed E-state index contributed by atoms with van der Waals surface area (Å²) in [5.74, 6) is 3.32. The molecule has 130 valence electrons. The predicted molar refractivity (Wildman–Crippen MR) is 90.3 cm³/mol. The van der Waals surface area contributed by atoms with Gasteiger partial charge in [-0.3, -0.25) is 4.79 Å². The Bertz CT molecular complexity index is 801. The highest BCUT2D eigenvalue weighted by Gasteiger charge is 2.42. The molecule has 2 saturated heterocycles. The molecule has 7 heteroatoms. The summed E-state index contributed by atoms with van der Waals surface area (Å²) < 4.78 is 5.03. The van der Waals surface area contributed by atoms with Crippen molar-refractivity contribution in [2.45, 2.75) is 25.7 Å². The molecule has 0 spiro atoms. The molecule has 2 aromatic rings. The standard InChI is InChI=1S/C18H21N5O2/c1-11-15(5-21-25-11)18(24)23-8-13-6-22(7-14(13)9-23)17-4-16(12-2-3-12)19-10-20-17/h4-5,10,12-14H,2-3,6-9H2,1H3. The number of aromatic nitrogens is 3. The highest BCUT2D eigenvalue weighted by atomic mass is 16.5. The zero-order valence-electron chi connectivity index (χ0n) is 14.3. The van der Waals surface area contributed by atoms with Crippen LogP contribution in [0.3, 0.4) is 0 Å². The van der Waals surface area contributed by atoms with Gasteiger partial charge in [0.15, 0.2) is 0 Å². The van der Waals surface area contributed by atoms with Gasteiger partial charge in [-0.25, -0.2) is 9.97 Å². The molecule has 3 aliphatic rings. The Morgan fingerprint density at radius 2 is 1.92 bits per heavy atom. The summed E-state index contributed by atoms with van der Waals surface area (Å²) in [6.45, 7) is 5.29. The normalized spacial score (nSPS) is 25.5. The van der Waals surface area contributed by atoms with Crippen LogP contribution in [0.5, 0.6) is 0 Å². The van der Waals surface area contributed by atoms with E-state index in [1.807, 2.05) is 4.90 Å². The van der Waals surface area contributed by atoms with E-state index < -0.39 is 0 Å². The molecule has 3 fully saturated rings. The number of anilines is 1. The average molecular weight is 339 g/mol. The van der Waals surface area contributed by atoms with E-state index in [4.69, 9.17) is 4.52 Å². The lowest BCUT2D eigenvalue weighted by Crippen LogP contribution is -2.33. The first kappa shape index (κ1) is 14.9. The van der Waals surface area contributed by atoms with Crippen LogP contribution in [0.1, 0.15) is 40.6 Å². The number of hydrogen-bond acceptors (Lipinski definition) is 6. The SMILES string of the molecule is Cc1oncc1C(=O)N1CC2CN(c3cc(C4CC4)ncn3)CC2C1. The van der Waals surface area contributed by atoms with Crippen molar-refractivity contribution in [1.82, 2.24) is 20.0 Å². The molecule has 25 heavy (non-hydrogen) atoms. The third-order valence-electron chi connectivity index (χ3n) is 5.75. The largest absolute Gasteiger partial charge is 0.361 e. The van der Waals surface area contributed by atoms with Crippen LogP contribution < -0.4 is 4.90 Å². The van der Waals surface area contributed by atoms with Crippen molar-refractivity contribution >= 4 is 11.7 Å². The Morgan fingerprint density at radius 1 is 1.16 bits per heavy atom. The quantitative estimate of drug-likeness (QED) is 0.850. The molecule has 1 aliphatic carbocycles. The van der Waals surface area contributed by atoms with Crippen LogP contribution in [0.4, 0.5) is 5.82 Å². The van der Waals surface area contributed by atoms with E-state index in [9.17, 15) is 4.79 Å². The first-order chi connectivity index (χ1) is 12.2. The summed E-state index contributed by atoms with van der Waals surface area (Å²) in [5.41, 5.74) is 1.77. The number of aryl methyl sites for hydroxylation is 1. The third kappa shape index (κ3) is 2.58. The van der Waals surface area contributed by atoms with Crippen molar-refractivity contribution < 1.29 is 9.32 Å². The Morgan fingerprint density at radius 3 is 2.56 bits per heavy atom. The number of rotatable bonds is 3. The van der Waals surface area contributed by atoms with Crippen LogP contribution in [0.25, 0.3) is 0 Å². The molecule has 2 unspecified atom stereocenters. The van der Waals surface area contributed by atoms with Crippen molar-refractivity contribution in [3.05, 3.63) is 35.6 Å². The van der Waals surface area contributed by atoms with Gasteiger partial charge in [-0.1, -0.05) is 5.16 Å². The minimum atomic E-state index is 0.0396. The summed E-state index contributed by atoms with van der Waals surface area (Å²) in [4.78, 5) is 25.8. The van der Waals surface area contributed by atoms with Gasteiger partial charge >= 0.3 is 0 Å². The summed E-state index contributed by atoms with van der Waals surface area (Å²) in [7, 11) is 0. The van der Waals surface area contributed by atoms with Gasteiger partial charge < -0.3 is 14.3 Å². The summed E-state index contributed by atoms with van der Waals surface area (Å²) in [6.07, 6.45) is 5.72. The zero-order chi connectivity index (χ0) is 17.0. The molecule has 1 saturated carbocycles. The Labute approximate surface area is 146 Å². The van der Waals surface area contributed by atoms with Crippen LogP contribution in [-0.4, -0.2) is 52.1 Å². The molecule has 5 rings (SSSR count). The summed E-state index contributed by atoms with van der Waals surface area (Å²) in [5, 5.41) is 3.72. The number of fused-ring (bicyclic) bond motifs is 1. The number of nitrogens with zero attached hydrogens (tertiary/aromatic N) is 5. The van der Waals surface area contributed by atoms with E-state index in [1.54, 1.807) is 13.3 Å². The molecule has 0 radical (unpaired) electrons. The van der Waals surface area contributed by atoms with E-state index in [2.05, 4.69) is 26.1 Å². The van der Waals surface area contributed by atoms with Gasteiger partial charge in [0.1, 0.15) is 23.5 Å². The first-order valence-corrected chi connectivity index (χ1v) is 8.96. The van der Waals surface area contributed by atoms with Crippen molar-refractivity contribution in [2.75, 3.05) is 31.1 Å². The van der Waals surface area contributed by atoms with Crippen molar-refractivity contribution in [2.24, 2.45) is 11.8 Å². The second kappa shape index (κ2) is 5.54. The molecule has 0 N–H and O–H groups in total. The zero-order valence-corrected chi connectivity index (χ0v) is 14.3. The van der Waals surface area contributed by atoms with Crippen LogP contribution in [0.2, 0.25) is 0 Å². The van der Waals surface area contributed by atoms with Crippen molar-refractivity contribution in [3.63, 3.8) is 0 Å². The minimum absolute atomic E-state index is 0.0396. The lowest BCUT2D eigenvalue weighted by molar-refractivity contribution is 0.0781. The maximum atomic E-state index is 12.6. The minimum Gasteiger partial charge on any atom is -0.361 e. The fourth-order valence-corrected chi connectivity index (χ4v) is 4.16. The number of amides is 1. The van der Waals surface area contributed by atoms with Gasteiger partial charge in [0, 0.05) is 55.7 Å². The molecule has 0 aromatic carbocycles. The topological polar surface area (TPSA) is 75.4 Å². The smallest absolute Gasteiger partial charge is 0.259 e. The number of hydrogen-bond donors (Lipinski definition) is 0.